The number of hydrogen-bond acceptors (Lipinski definition) is 10. The average Bonchev–Trinajstić information content (AvgIpc) is 3.60. The zero-order valence-electron chi connectivity index (χ0n) is 21.1. The highest BCUT2D eigenvalue weighted by Crippen LogP contribution is 2.44. The number of tetrazole rings is 1. The summed E-state index contributed by atoms with van der Waals surface area (Å²) in [4.78, 5) is 35.5. The summed E-state index contributed by atoms with van der Waals surface area (Å²) in [5.41, 5.74) is 0.869. The molecule has 0 amide bonds. The summed E-state index contributed by atoms with van der Waals surface area (Å²) in [5.74, 6) is -0.371. The van der Waals surface area contributed by atoms with E-state index in [-0.39, 0.29) is 11.6 Å². The monoisotopic (exact) mass is 517 g/mol. The smallest absolute Gasteiger partial charge is 0.204 e. The first-order valence-electron chi connectivity index (χ1n) is 12.7. The van der Waals surface area contributed by atoms with Gasteiger partial charge in [0, 0.05) is 24.0 Å². The summed E-state index contributed by atoms with van der Waals surface area (Å²) < 4.78 is 12.4. The van der Waals surface area contributed by atoms with Crippen LogP contribution in [0.25, 0.3) is 22.3 Å². The van der Waals surface area contributed by atoms with Crippen molar-refractivity contribution in [3.63, 3.8) is 0 Å². The molecule has 1 saturated heterocycles. The molecule has 4 aromatic rings. The van der Waals surface area contributed by atoms with Crippen molar-refractivity contribution in [2.45, 2.75) is 32.3 Å². The minimum atomic E-state index is -1.05. The predicted molar refractivity (Wildman–Crippen MR) is 135 cm³/mol. The van der Waals surface area contributed by atoms with E-state index >= 15 is 0 Å². The lowest BCUT2D eigenvalue weighted by Gasteiger charge is -2.45. The number of fused-ring (bicyclic) bond motifs is 2. The van der Waals surface area contributed by atoms with Gasteiger partial charge in [-0.1, -0.05) is 4.85 Å². The number of aromatic nitrogens is 6. The highest BCUT2D eigenvalue weighted by atomic mass is 16.7. The molecular formula is C26H27N7O5. The molecule has 0 saturated carbocycles. The van der Waals surface area contributed by atoms with Crippen LogP contribution in [0, 0.1) is 5.92 Å². The fourth-order valence-corrected chi connectivity index (χ4v) is 5.39. The van der Waals surface area contributed by atoms with Gasteiger partial charge >= 0.3 is 0 Å². The van der Waals surface area contributed by atoms with Gasteiger partial charge in [0.1, 0.15) is 35.1 Å². The molecule has 1 fully saturated rings. The molecular weight excluding hydrogens is 490 g/mol. The number of nitrogens with one attached hydrogen (secondary N) is 2. The van der Waals surface area contributed by atoms with E-state index in [1.54, 1.807) is 36.5 Å². The van der Waals surface area contributed by atoms with E-state index in [4.69, 9.17) is 14.3 Å². The fraction of sp³-hybridized carbons (Fsp3) is 0.385. The van der Waals surface area contributed by atoms with Crippen molar-refractivity contribution in [1.82, 2.24) is 35.9 Å². The zero-order chi connectivity index (χ0) is 26.3. The van der Waals surface area contributed by atoms with E-state index < -0.39 is 11.5 Å². The Labute approximate surface area is 217 Å². The van der Waals surface area contributed by atoms with Crippen LogP contribution in [-0.4, -0.2) is 74.0 Å². The first-order chi connectivity index (χ1) is 18.5. The number of piperidine rings is 1. The Balaban J connectivity index is 1.47. The van der Waals surface area contributed by atoms with Gasteiger partial charge in [0.25, 0.3) is 0 Å². The molecule has 2 N–H and O–H groups in total. The lowest BCUT2D eigenvalue weighted by molar-refractivity contribution is -0.0138. The summed E-state index contributed by atoms with van der Waals surface area (Å²) in [6, 6.07) is 8.57. The average molecular weight is 518 g/mol. The minimum absolute atomic E-state index is 0.292. The van der Waals surface area contributed by atoms with Crippen LogP contribution >= 0.6 is 0 Å². The molecule has 2 aromatic heterocycles. The highest BCUT2D eigenvalue weighted by Gasteiger charge is 2.54. The molecule has 196 valence electrons. The van der Waals surface area contributed by atoms with Gasteiger partial charge in [0.15, 0.2) is 11.6 Å². The summed E-state index contributed by atoms with van der Waals surface area (Å²) in [6.07, 6.45) is 2.67. The number of rotatable bonds is 7. The van der Waals surface area contributed by atoms with Crippen molar-refractivity contribution in [3.8, 4) is 22.9 Å². The highest BCUT2D eigenvalue weighted by molar-refractivity contribution is 6.19. The van der Waals surface area contributed by atoms with Gasteiger partial charge in [-0.15, -0.1) is 15.3 Å². The standard InChI is InChI=1S/C26H27N7O5/c1-3-36-21-13-16(12-19-18(21)14-28-33(19)37-4-2)23(34)22-24(35)17-11-15(25-29-31-32-30-25)5-6-20(17)38-26(22)7-9-27-10-8-26/h5-6,11-14,22,27H,3-4,7-10H2,1-2H3,(H,29,30,31,32). The van der Waals surface area contributed by atoms with Crippen molar-refractivity contribution >= 4 is 22.5 Å². The maximum absolute atomic E-state index is 14.3. The molecule has 2 aliphatic heterocycles. The Morgan fingerprint density at radius 1 is 1.18 bits per heavy atom. The summed E-state index contributed by atoms with van der Waals surface area (Å²) >= 11 is 0. The van der Waals surface area contributed by atoms with Crippen LogP contribution in [0.5, 0.6) is 11.5 Å². The third-order valence-electron chi connectivity index (χ3n) is 7.12. The number of Topliss-reactive ketones (excluding diaryl/α,β-unsaturated/α-hetero) is 2. The Kier molecular flexibility index (Phi) is 6.03. The Morgan fingerprint density at radius 3 is 2.76 bits per heavy atom. The molecule has 0 aliphatic carbocycles. The van der Waals surface area contributed by atoms with Crippen molar-refractivity contribution in [2.24, 2.45) is 5.92 Å². The second kappa shape index (κ2) is 9.53. The molecule has 1 atom stereocenters. The topological polar surface area (TPSA) is 146 Å². The van der Waals surface area contributed by atoms with Gasteiger partial charge < -0.3 is 19.6 Å². The van der Waals surface area contributed by atoms with Crippen LogP contribution in [0.15, 0.2) is 36.5 Å². The molecule has 12 heteroatoms. The lowest BCUT2D eigenvalue weighted by Crippen LogP contribution is -2.58. The van der Waals surface area contributed by atoms with Gasteiger partial charge in [0.05, 0.1) is 23.8 Å². The van der Waals surface area contributed by atoms with Crippen LogP contribution in [0.2, 0.25) is 0 Å². The quantitative estimate of drug-likeness (QED) is 0.276. The predicted octanol–water partition coefficient (Wildman–Crippen LogP) is 2.26. The maximum atomic E-state index is 14.3. The number of aromatic amines is 1. The van der Waals surface area contributed by atoms with Gasteiger partial charge in [-0.05, 0) is 62.5 Å². The largest absolute Gasteiger partial charge is 0.493 e. The number of benzene rings is 2. The molecule has 4 heterocycles. The second-order valence-electron chi connectivity index (χ2n) is 9.30. The van der Waals surface area contributed by atoms with Crippen LogP contribution in [0.3, 0.4) is 0 Å². The SMILES string of the molecule is CCOc1cc(C(=O)C2C(=O)c3cc(-c4nn[nH]n4)ccc3OC23CCNCC3)cc2c1cnn2OCC. The van der Waals surface area contributed by atoms with Crippen LogP contribution < -0.4 is 19.6 Å². The normalized spacial score (nSPS) is 18.3. The number of nitrogens with zero attached hydrogens (tertiary/aromatic N) is 5. The lowest BCUT2D eigenvalue weighted by atomic mass is 9.70. The van der Waals surface area contributed by atoms with Gasteiger partial charge in [-0.2, -0.15) is 5.21 Å². The van der Waals surface area contributed by atoms with Gasteiger partial charge in [-0.3, -0.25) is 9.59 Å². The molecule has 0 bridgehead atoms. The number of ether oxygens (including phenoxy) is 2. The Hall–Kier alpha value is -4.32. The molecule has 1 unspecified atom stereocenters. The minimum Gasteiger partial charge on any atom is -0.493 e. The maximum Gasteiger partial charge on any atom is 0.204 e. The summed E-state index contributed by atoms with van der Waals surface area (Å²) in [7, 11) is 0. The summed E-state index contributed by atoms with van der Waals surface area (Å²) in [5, 5.41) is 22.4. The number of carbonyl (C=O) groups is 2. The van der Waals surface area contributed by atoms with Crippen molar-refractivity contribution < 1.29 is 23.9 Å². The fourth-order valence-electron chi connectivity index (χ4n) is 5.39. The summed E-state index contributed by atoms with van der Waals surface area (Å²) in [6.45, 7) is 5.78. The molecule has 2 aromatic carbocycles. The Bertz CT molecular complexity index is 1510. The van der Waals surface area contributed by atoms with E-state index in [1.165, 1.54) is 4.85 Å². The van der Waals surface area contributed by atoms with Crippen molar-refractivity contribution in [2.75, 3.05) is 26.3 Å². The third-order valence-corrected chi connectivity index (χ3v) is 7.12. The van der Waals surface area contributed by atoms with E-state index in [1.807, 2.05) is 13.8 Å². The van der Waals surface area contributed by atoms with Crippen LogP contribution in [0.4, 0.5) is 0 Å². The molecule has 12 nitrogen and oxygen atoms in total. The Morgan fingerprint density at radius 2 is 2.03 bits per heavy atom. The number of H-pyrrole nitrogens is 1. The molecule has 38 heavy (non-hydrogen) atoms. The zero-order valence-corrected chi connectivity index (χ0v) is 21.1. The van der Waals surface area contributed by atoms with Crippen LogP contribution in [0.1, 0.15) is 47.4 Å². The number of hydrogen-bond donors (Lipinski definition) is 2. The first-order valence-corrected chi connectivity index (χ1v) is 12.7. The van der Waals surface area contributed by atoms with Crippen LogP contribution in [-0.2, 0) is 0 Å². The van der Waals surface area contributed by atoms with E-state index in [9.17, 15) is 9.59 Å². The molecule has 2 aliphatic rings. The molecule has 6 rings (SSSR count). The van der Waals surface area contributed by atoms with Crippen molar-refractivity contribution in [1.29, 1.82) is 0 Å². The number of carbonyl (C=O) groups excluding carboxylic acids is 2. The molecule has 1 spiro atoms. The third kappa shape index (κ3) is 3.88. The first kappa shape index (κ1) is 24.0. The van der Waals surface area contributed by atoms with E-state index in [0.717, 1.165) is 5.39 Å². The van der Waals surface area contributed by atoms with Gasteiger partial charge in [-0.25, -0.2) is 0 Å². The van der Waals surface area contributed by atoms with E-state index in [2.05, 4.69) is 31.0 Å². The van der Waals surface area contributed by atoms with Gasteiger partial charge in [0.2, 0.25) is 5.82 Å². The van der Waals surface area contributed by atoms with E-state index in [0.29, 0.717) is 78.7 Å². The molecule has 0 radical (unpaired) electrons. The van der Waals surface area contributed by atoms with Crippen molar-refractivity contribution in [3.05, 3.63) is 47.7 Å². The second-order valence-corrected chi connectivity index (χ2v) is 9.30. The number of ketones is 2.